The van der Waals surface area contributed by atoms with Gasteiger partial charge in [0, 0.05) is 91.1 Å². The van der Waals surface area contributed by atoms with Crippen LogP contribution in [0.3, 0.4) is 0 Å². The number of hydrazine groups is 1. The van der Waals surface area contributed by atoms with Crippen LogP contribution in [0.5, 0.6) is 0 Å². The molecule has 13 nitrogen and oxygen atoms in total. The minimum atomic E-state index is -0.968. The average molecular weight is 798 g/mol. The molecule has 7 rings (SSSR count). The standard InChI is InChI=1S/C43H55N7O6S/c1-8-28-18-27(20-37(51)48(28)6)40(52)46-33-21-36-45-34(23-57-36)26-14-15-35-30(19-26)31(39(49(35)9-2)29-12-10-16-44-38(29)25(3)55-7)22-43(4,5)24-56-42(54)32-13-11-17-50(47-32)41(33)53/h10,12,14-16,19,23,25,27-28,32-33,47H,8-9,11,13,17-18,20-22,24H2,1-7H3,(H,46,52)/t25-,27?,28+,32-,33-/m0/s1. The third-order valence-corrected chi connectivity index (χ3v) is 12.8. The van der Waals surface area contributed by atoms with Crippen LogP contribution in [0.15, 0.2) is 41.9 Å². The topological polar surface area (TPSA) is 148 Å². The fourth-order valence-electron chi connectivity index (χ4n) is 8.62. The third-order valence-electron chi connectivity index (χ3n) is 11.9. The SMILES string of the molecule is CC[C@@H]1CC(C(=O)N[C@H]2Cc3nc(cs3)-c3ccc4c(c3)c(c(-c3cccnc3[C@H](C)OC)n4CC)CC(C)(C)COC(=O)[C@@H]3CCCN(N3)C2=O)CC(=O)N1C. The van der Waals surface area contributed by atoms with Gasteiger partial charge in [-0.2, -0.15) is 0 Å². The maximum Gasteiger partial charge on any atom is 0.324 e. The van der Waals surface area contributed by atoms with E-state index < -0.39 is 29.4 Å². The quantitative estimate of drug-likeness (QED) is 0.220. The number of nitrogens with one attached hydrogen (secondary N) is 2. The van der Waals surface area contributed by atoms with Gasteiger partial charge in [-0.1, -0.05) is 26.8 Å². The molecule has 0 spiro atoms. The van der Waals surface area contributed by atoms with E-state index in [1.165, 1.54) is 16.3 Å². The normalized spacial score (nSPS) is 23.6. The molecule has 6 heterocycles. The second kappa shape index (κ2) is 16.7. The van der Waals surface area contributed by atoms with Gasteiger partial charge in [0.2, 0.25) is 11.8 Å². The Bertz CT molecular complexity index is 2160. The molecule has 0 aliphatic carbocycles. The Labute approximate surface area is 338 Å². The lowest BCUT2D eigenvalue weighted by Gasteiger charge is -2.37. The van der Waals surface area contributed by atoms with Crippen LogP contribution in [0.2, 0.25) is 0 Å². The molecule has 6 bridgehead atoms. The zero-order chi connectivity index (χ0) is 40.6. The molecule has 57 heavy (non-hydrogen) atoms. The summed E-state index contributed by atoms with van der Waals surface area (Å²) >= 11 is 1.44. The summed E-state index contributed by atoms with van der Waals surface area (Å²) in [5, 5.41) is 8.23. The predicted octanol–water partition coefficient (Wildman–Crippen LogP) is 5.85. The van der Waals surface area contributed by atoms with Gasteiger partial charge < -0.3 is 24.3 Å². The van der Waals surface area contributed by atoms with Crippen LogP contribution < -0.4 is 10.7 Å². The first kappa shape index (κ1) is 40.5. The average Bonchev–Trinajstić information content (AvgIpc) is 3.81. The molecule has 14 heteroatoms. The lowest BCUT2D eigenvalue weighted by molar-refractivity contribution is -0.155. The Morgan fingerprint density at radius 1 is 1.18 bits per heavy atom. The molecule has 0 saturated carbocycles. The summed E-state index contributed by atoms with van der Waals surface area (Å²) in [6.45, 7) is 11.6. The number of likely N-dealkylation sites (tertiary alicyclic amines) is 1. The number of ether oxygens (including phenoxy) is 2. The van der Waals surface area contributed by atoms with E-state index in [4.69, 9.17) is 19.4 Å². The van der Waals surface area contributed by atoms with E-state index in [-0.39, 0.29) is 49.3 Å². The first-order valence-electron chi connectivity index (χ1n) is 20.2. The summed E-state index contributed by atoms with van der Waals surface area (Å²) in [5.41, 5.74) is 9.45. The van der Waals surface area contributed by atoms with Gasteiger partial charge in [-0.25, -0.2) is 10.4 Å². The number of aryl methyl sites for hydroxylation is 1. The Morgan fingerprint density at radius 3 is 2.74 bits per heavy atom. The highest BCUT2D eigenvalue weighted by atomic mass is 32.1. The molecule has 2 N–H and O–H groups in total. The van der Waals surface area contributed by atoms with Crippen molar-refractivity contribution in [3.05, 3.63) is 58.2 Å². The van der Waals surface area contributed by atoms with E-state index >= 15 is 0 Å². The summed E-state index contributed by atoms with van der Waals surface area (Å²) in [5.74, 6) is -1.74. The van der Waals surface area contributed by atoms with E-state index in [0.29, 0.717) is 43.8 Å². The summed E-state index contributed by atoms with van der Waals surface area (Å²) < 4.78 is 14.2. The van der Waals surface area contributed by atoms with Crippen molar-refractivity contribution in [3.63, 3.8) is 0 Å². The number of rotatable bonds is 7. The van der Waals surface area contributed by atoms with Crippen molar-refractivity contribution >= 4 is 45.9 Å². The number of amides is 3. The van der Waals surface area contributed by atoms with Gasteiger partial charge in [0.1, 0.15) is 12.1 Å². The van der Waals surface area contributed by atoms with Crippen LogP contribution in [-0.4, -0.2) is 93.6 Å². The van der Waals surface area contributed by atoms with Gasteiger partial charge in [-0.05, 0) is 75.8 Å². The molecule has 4 aromatic rings. The van der Waals surface area contributed by atoms with E-state index in [9.17, 15) is 19.2 Å². The molecule has 3 aliphatic heterocycles. The summed E-state index contributed by atoms with van der Waals surface area (Å²) in [4.78, 5) is 66.3. The number of thiazole rings is 1. The number of benzene rings is 1. The zero-order valence-corrected chi connectivity index (χ0v) is 34.9. The highest BCUT2D eigenvalue weighted by Gasteiger charge is 2.39. The van der Waals surface area contributed by atoms with E-state index in [0.717, 1.165) is 51.1 Å². The van der Waals surface area contributed by atoms with Gasteiger partial charge in [0.25, 0.3) is 5.91 Å². The maximum absolute atomic E-state index is 14.3. The van der Waals surface area contributed by atoms with Crippen molar-refractivity contribution in [1.82, 2.24) is 35.2 Å². The summed E-state index contributed by atoms with van der Waals surface area (Å²) in [6.07, 6.45) is 4.75. The molecule has 1 unspecified atom stereocenters. The Balaban J connectivity index is 1.31. The van der Waals surface area contributed by atoms with Crippen molar-refractivity contribution in [2.24, 2.45) is 11.3 Å². The lowest BCUT2D eigenvalue weighted by Crippen LogP contribution is -2.61. The van der Waals surface area contributed by atoms with Crippen molar-refractivity contribution in [2.45, 2.75) is 110 Å². The number of piperidine rings is 1. The number of aromatic nitrogens is 3. The van der Waals surface area contributed by atoms with Gasteiger partial charge in [-0.15, -0.1) is 11.3 Å². The van der Waals surface area contributed by atoms with Gasteiger partial charge >= 0.3 is 5.97 Å². The van der Waals surface area contributed by atoms with Gasteiger partial charge in [-0.3, -0.25) is 29.2 Å². The third kappa shape index (κ3) is 8.22. The molecule has 5 atom stereocenters. The number of fused-ring (bicyclic) bond motifs is 6. The van der Waals surface area contributed by atoms with Crippen LogP contribution in [0.4, 0.5) is 0 Å². The van der Waals surface area contributed by atoms with Gasteiger partial charge in [0.15, 0.2) is 0 Å². The number of pyridine rings is 1. The molecule has 3 amide bonds. The number of hydrogen-bond donors (Lipinski definition) is 2. The second-order valence-electron chi connectivity index (χ2n) is 16.5. The van der Waals surface area contributed by atoms with Crippen LogP contribution in [-0.2, 0) is 48.0 Å². The summed E-state index contributed by atoms with van der Waals surface area (Å²) in [7, 11) is 3.47. The fraction of sp³-hybridized carbons (Fsp3) is 0.535. The molecule has 3 aromatic heterocycles. The van der Waals surface area contributed by atoms with Crippen molar-refractivity contribution in [2.75, 3.05) is 27.3 Å². The molecular formula is C43H55N7O6S. The highest BCUT2D eigenvalue weighted by Crippen LogP contribution is 2.42. The Hall–Kier alpha value is -4.66. The molecular weight excluding hydrogens is 743 g/mol. The Morgan fingerprint density at radius 2 is 1.98 bits per heavy atom. The number of esters is 1. The Kier molecular flexibility index (Phi) is 11.9. The smallest absolute Gasteiger partial charge is 0.324 e. The lowest BCUT2D eigenvalue weighted by atomic mass is 9.84. The van der Waals surface area contributed by atoms with Gasteiger partial charge in [0.05, 0.1) is 34.8 Å². The minimum absolute atomic E-state index is 0.0477. The van der Waals surface area contributed by atoms with Crippen LogP contribution in [0.25, 0.3) is 33.4 Å². The maximum atomic E-state index is 14.3. The van der Waals surface area contributed by atoms with Crippen molar-refractivity contribution in [3.8, 4) is 22.5 Å². The molecule has 0 radical (unpaired) electrons. The predicted molar refractivity (Wildman–Crippen MR) is 219 cm³/mol. The number of nitrogens with zero attached hydrogens (tertiary/aromatic N) is 5. The number of hydrogen-bond acceptors (Lipinski definition) is 10. The summed E-state index contributed by atoms with van der Waals surface area (Å²) in [6, 6.07) is 8.72. The number of carbonyl (C=O) groups is 4. The van der Waals surface area contributed by atoms with E-state index in [2.05, 4.69) is 60.3 Å². The fourth-order valence-corrected chi connectivity index (χ4v) is 9.47. The number of methoxy groups -OCH3 is 1. The molecule has 3 aliphatic rings. The first-order chi connectivity index (χ1) is 27.3. The van der Waals surface area contributed by atoms with Crippen molar-refractivity contribution in [1.29, 1.82) is 0 Å². The van der Waals surface area contributed by atoms with Crippen molar-refractivity contribution < 1.29 is 28.7 Å². The largest absolute Gasteiger partial charge is 0.464 e. The number of cyclic esters (lactones) is 1. The highest BCUT2D eigenvalue weighted by molar-refractivity contribution is 7.10. The van der Waals surface area contributed by atoms with E-state index in [1.807, 2.05) is 25.3 Å². The molecule has 2 fully saturated rings. The minimum Gasteiger partial charge on any atom is -0.464 e. The van der Waals surface area contributed by atoms with Crippen LogP contribution in [0.1, 0.15) is 89.1 Å². The van der Waals surface area contributed by atoms with Crippen LogP contribution in [0, 0.1) is 11.3 Å². The van der Waals surface area contributed by atoms with Crippen LogP contribution >= 0.6 is 11.3 Å². The molecule has 304 valence electrons. The number of carbonyl (C=O) groups excluding carboxylic acids is 4. The second-order valence-corrected chi connectivity index (χ2v) is 17.4. The zero-order valence-electron chi connectivity index (χ0n) is 34.1. The first-order valence-corrected chi connectivity index (χ1v) is 21.1. The molecule has 2 saturated heterocycles. The van der Waals surface area contributed by atoms with E-state index in [1.54, 1.807) is 25.3 Å². The monoisotopic (exact) mass is 797 g/mol. The molecule has 1 aromatic carbocycles.